The van der Waals surface area contributed by atoms with Crippen LogP contribution >= 0.6 is 11.6 Å². The minimum atomic E-state index is -0.247. The zero-order valence-corrected chi connectivity index (χ0v) is 22.8. The van der Waals surface area contributed by atoms with Crippen LogP contribution in [0.5, 0.6) is 0 Å². The first kappa shape index (κ1) is 25.3. The number of amides is 2. The number of hydrogen-bond donors (Lipinski definition) is 1. The van der Waals surface area contributed by atoms with Gasteiger partial charge in [0.05, 0.1) is 28.4 Å². The lowest BCUT2D eigenvalue weighted by atomic mass is 9.49. The van der Waals surface area contributed by atoms with E-state index in [4.69, 9.17) is 16.7 Å². The molecule has 0 atom stereocenters. The lowest BCUT2D eigenvalue weighted by Gasteiger charge is -2.56. The largest absolute Gasteiger partial charge is 0.333 e. The predicted octanol–water partition coefficient (Wildman–Crippen LogP) is 6.22. The predicted molar refractivity (Wildman–Crippen MR) is 143 cm³/mol. The van der Waals surface area contributed by atoms with Crippen molar-refractivity contribution in [3.63, 3.8) is 0 Å². The van der Waals surface area contributed by atoms with E-state index in [0.29, 0.717) is 40.8 Å². The molecular weight excluding hydrogens is 472 g/mol. The van der Waals surface area contributed by atoms with Crippen LogP contribution in [0.4, 0.5) is 5.82 Å². The van der Waals surface area contributed by atoms with E-state index in [2.05, 4.69) is 33.0 Å². The Balaban J connectivity index is 1.37. The summed E-state index contributed by atoms with van der Waals surface area (Å²) < 4.78 is 1.70. The van der Waals surface area contributed by atoms with Gasteiger partial charge in [0.1, 0.15) is 5.82 Å². The van der Waals surface area contributed by atoms with E-state index >= 15 is 0 Å². The number of carbonyl (C=O) groups is 2. The van der Waals surface area contributed by atoms with Crippen LogP contribution in [0, 0.1) is 23.2 Å². The molecule has 4 aliphatic carbocycles. The second-order valence-corrected chi connectivity index (χ2v) is 12.9. The van der Waals surface area contributed by atoms with E-state index in [9.17, 15) is 9.59 Å². The van der Waals surface area contributed by atoms with Gasteiger partial charge in [0.2, 0.25) is 11.8 Å². The highest BCUT2D eigenvalue weighted by Crippen LogP contribution is 2.60. The lowest BCUT2D eigenvalue weighted by Crippen LogP contribution is -2.55. The van der Waals surface area contributed by atoms with Gasteiger partial charge in [0, 0.05) is 18.0 Å². The summed E-state index contributed by atoms with van der Waals surface area (Å²) in [6.07, 6.45) is 7.74. The SMILES string of the molecule is CCCN(CC(=O)Nc1cc(C(C)(C)C)nn1-c1ccccc1Cl)C(=O)C12CC3CC(CC(C3)C1)C2. The summed E-state index contributed by atoms with van der Waals surface area (Å²) in [6, 6.07) is 9.38. The van der Waals surface area contributed by atoms with Gasteiger partial charge in [0.15, 0.2) is 0 Å². The third kappa shape index (κ3) is 4.81. The summed E-state index contributed by atoms with van der Waals surface area (Å²) in [5.74, 6) is 2.65. The molecule has 0 radical (unpaired) electrons. The van der Waals surface area contributed by atoms with Crippen molar-refractivity contribution in [1.29, 1.82) is 0 Å². The molecule has 4 fully saturated rings. The number of para-hydroxylation sites is 1. The number of rotatable bonds is 7. The number of aromatic nitrogens is 2. The van der Waals surface area contributed by atoms with Gasteiger partial charge in [-0.25, -0.2) is 4.68 Å². The monoisotopic (exact) mass is 510 g/mol. The van der Waals surface area contributed by atoms with Crippen molar-refractivity contribution in [3.8, 4) is 5.69 Å². The van der Waals surface area contributed by atoms with Gasteiger partial charge in [-0.15, -0.1) is 0 Å². The van der Waals surface area contributed by atoms with Crippen LogP contribution in [0.3, 0.4) is 0 Å². The first-order valence-electron chi connectivity index (χ1n) is 13.5. The third-order valence-corrected chi connectivity index (χ3v) is 8.75. The smallest absolute Gasteiger partial charge is 0.245 e. The lowest BCUT2D eigenvalue weighted by molar-refractivity contribution is -0.158. The van der Waals surface area contributed by atoms with Crippen LogP contribution in [0.2, 0.25) is 5.02 Å². The average Bonchev–Trinajstić information content (AvgIpc) is 3.21. The number of carbonyl (C=O) groups excluding carboxylic acids is 2. The minimum absolute atomic E-state index is 0.0625. The summed E-state index contributed by atoms with van der Waals surface area (Å²) in [6.45, 7) is 9.00. The van der Waals surface area contributed by atoms with Gasteiger partial charge in [-0.1, -0.05) is 51.4 Å². The summed E-state index contributed by atoms with van der Waals surface area (Å²) in [4.78, 5) is 29.2. The fraction of sp³-hybridized carbons (Fsp3) is 0.621. The molecule has 4 bridgehead atoms. The molecule has 4 aliphatic rings. The van der Waals surface area contributed by atoms with E-state index < -0.39 is 0 Å². The molecule has 1 aromatic heterocycles. The first-order chi connectivity index (χ1) is 17.1. The maximum Gasteiger partial charge on any atom is 0.245 e. The number of nitrogens with one attached hydrogen (secondary N) is 1. The van der Waals surface area contributed by atoms with Crippen molar-refractivity contribution in [2.24, 2.45) is 23.2 Å². The van der Waals surface area contributed by atoms with Gasteiger partial charge < -0.3 is 10.2 Å². The van der Waals surface area contributed by atoms with E-state index in [1.807, 2.05) is 35.2 Å². The summed E-state index contributed by atoms with van der Waals surface area (Å²) in [5, 5.41) is 8.39. The molecule has 2 amide bonds. The Morgan fingerprint density at radius 2 is 1.72 bits per heavy atom. The quantitative estimate of drug-likeness (QED) is 0.481. The molecule has 2 aromatic rings. The highest BCUT2D eigenvalue weighted by molar-refractivity contribution is 6.32. The van der Waals surface area contributed by atoms with Crippen LogP contribution < -0.4 is 5.32 Å². The van der Waals surface area contributed by atoms with Gasteiger partial charge in [0.25, 0.3) is 0 Å². The fourth-order valence-electron chi connectivity index (χ4n) is 7.23. The van der Waals surface area contributed by atoms with Crippen molar-refractivity contribution in [2.45, 2.75) is 78.1 Å². The molecule has 0 saturated heterocycles. The first-order valence-corrected chi connectivity index (χ1v) is 13.9. The molecule has 36 heavy (non-hydrogen) atoms. The maximum atomic E-state index is 14.0. The Bertz CT molecular complexity index is 1110. The number of hydrogen-bond acceptors (Lipinski definition) is 3. The highest BCUT2D eigenvalue weighted by Gasteiger charge is 2.55. The van der Waals surface area contributed by atoms with Crippen LogP contribution in [-0.2, 0) is 15.0 Å². The van der Waals surface area contributed by atoms with E-state index in [0.717, 1.165) is 31.4 Å². The summed E-state index contributed by atoms with van der Waals surface area (Å²) in [7, 11) is 0. The number of nitrogens with zero attached hydrogens (tertiary/aromatic N) is 3. The Morgan fingerprint density at radius 3 is 2.28 bits per heavy atom. The zero-order chi connectivity index (χ0) is 25.7. The van der Waals surface area contributed by atoms with E-state index in [1.165, 1.54) is 19.3 Å². The van der Waals surface area contributed by atoms with E-state index in [-0.39, 0.29) is 29.2 Å². The summed E-state index contributed by atoms with van der Waals surface area (Å²) >= 11 is 6.48. The second-order valence-electron chi connectivity index (χ2n) is 12.5. The molecular formula is C29H39ClN4O2. The Kier molecular flexibility index (Phi) is 6.69. The van der Waals surface area contributed by atoms with Crippen LogP contribution in [-0.4, -0.2) is 39.6 Å². The fourth-order valence-corrected chi connectivity index (χ4v) is 7.45. The Morgan fingerprint density at radius 1 is 1.11 bits per heavy atom. The van der Waals surface area contributed by atoms with Crippen molar-refractivity contribution in [2.75, 3.05) is 18.4 Å². The number of halogens is 1. The molecule has 1 N–H and O–H groups in total. The number of anilines is 1. The maximum absolute atomic E-state index is 14.0. The molecule has 0 aliphatic heterocycles. The van der Waals surface area contributed by atoms with Crippen LogP contribution in [0.1, 0.15) is 78.3 Å². The van der Waals surface area contributed by atoms with Gasteiger partial charge in [-0.05, 0) is 74.8 Å². The molecule has 0 unspecified atom stereocenters. The average molecular weight is 511 g/mol. The van der Waals surface area contributed by atoms with Crippen LogP contribution in [0.25, 0.3) is 5.69 Å². The standard InChI is InChI=1S/C29H39ClN4O2/c1-5-10-33(27(36)29-15-19-11-20(16-29)13-21(12-19)17-29)18-26(35)31-25-14-24(28(2,3)4)32-34(25)23-9-7-6-8-22(23)30/h6-9,14,19-21H,5,10-13,15-18H2,1-4H3,(H,31,35). The second kappa shape index (κ2) is 9.51. The normalized spacial score (nSPS) is 26.8. The molecule has 0 spiro atoms. The Hall–Kier alpha value is -2.34. The van der Waals surface area contributed by atoms with Crippen LogP contribution in [0.15, 0.2) is 30.3 Å². The zero-order valence-electron chi connectivity index (χ0n) is 22.0. The number of benzene rings is 1. The van der Waals surface area contributed by atoms with Gasteiger partial charge in [-0.3, -0.25) is 9.59 Å². The molecule has 1 heterocycles. The topological polar surface area (TPSA) is 67.2 Å². The van der Waals surface area contributed by atoms with Gasteiger partial charge >= 0.3 is 0 Å². The van der Waals surface area contributed by atoms with E-state index in [1.54, 1.807) is 4.68 Å². The van der Waals surface area contributed by atoms with Crippen molar-refractivity contribution in [1.82, 2.24) is 14.7 Å². The third-order valence-electron chi connectivity index (χ3n) is 8.43. The van der Waals surface area contributed by atoms with Crippen molar-refractivity contribution < 1.29 is 9.59 Å². The molecule has 4 saturated carbocycles. The molecule has 194 valence electrons. The molecule has 7 heteroatoms. The molecule has 6 rings (SSSR count). The van der Waals surface area contributed by atoms with Crippen molar-refractivity contribution >= 4 is 29.2 Å². The molecule has 6 nitrogen and oxygen atoms in total. The Labute approximate surface area is 219 Å². The van der Waals surface area contributed by atoms with Gasteiger partial charge in [-0.2, -0.15) is 5.10 Å². The van der Waals surface area contributed by atoms with Crippen molar-refractivity contribution in [3.05, 3.63) is 41.0 Å². The summed E-state index contributed by atoms with van der Waals surface area (Å²) in [5.41, 5.74) is 1.12. The minimum Gasteiger partial charge on any atom is -0.333 e. The molecule has 1 aromatic carbocycles. The highest BCUT2D eigenvalue weighted by atomic mass is 35.5.